The van der Waals surface area contributed by atoms with Crippen LogP contribution >= 0.6 is 0 Å². The summed E-state index contributed by atoms with van der Waals surface area (Å²) in [5.74, 6) is 1.58. The number of piperidine rings is 1. The van der Waals surface area contributed by atoms with Crippen molar-refractivity contribution in [2.75, 3.05) is 25.0 Å². The summed E-state index contributed by atoms with van der Waals surface area (Å²) in [5.41, 5.74) is 3.30. The van der Waals surface area contributed by atoms with Crippen molar-refractivity contribution in [1.82, 2.24) is 0 Å². The van der Waals surface area contributed by atoms with E-state index >= 15 is 0 Å². The monoisotopic (exact) mass is 275 g/mol. The molecule has 2 atom stereocenters. The number of likely N-dealkylation sites (tertiary alicyclic amines) is 1. The molecule has 3 heteroatoms. The maximum absolute atomic E-state index is 12.2. The number of hydrogen-bond donors (Lipinski definition) is 2. The second-order valence-corrected chi connectivity index (χ2v) is 6.65. The van der Waals surface area contributed by atoms with E-state index in [1.807, 2.05) is 19.1 Å². The minimum Gasteiger partial charge on any atom is -0.327 e. The Labute approximate surface area is 122 Å². The van der Waals surface area contributed by atoms with Crippen molar-refractivity contribution < 1.29 is 9.69 Å². The minimum atomic E-state index is 0.133. The molecule has 0 bridgehead atoms. The lowest BCUT2D eigenvalue weighted by Gasteiger charge is -2.31. The number of nitrogens with one attached hydrogen (secondary N) is 2. The molecule has 1 heterocycles. The number of benzene rings is 1. The summed E-state index contributed by atoms with van der Waals surface area (Å²) in [7, 11) is 0. The molecule has 1 aliphatic rings. The summed E-state index contributed by atoms with van der Waals surface area (Å²) in [4.78, 5) is 13.6. The Kier molecular flexibility index (Phi) is 4.81. The van der Waals surface area contributed by atoms with Crippen LogP contribution < -0.4 is 10.2 Å². The third-order valence-electron chi connectivity index (χ3n) is 4.15. The maximum atomic E-state index is 12.2. The van der Waals surface area contributed by atoms with E-state index in [0.29, 0.717) is 6.54 Å². The lowest BCUT2D eigenvalue weighted by molar-refractivity contribution is -0.904. The zero-order valence-corrected chi connectivity index (χ0v) is 13.1. The van der Waals surface area contributed by atoms with Gasteiger partial charge in [0.1, 0.15) is 0 Å². The summed E-state index contributed by atoms with van der Waals surface area (Å²) in [6.45, 7) is 11.5. The van der Waals surface area contributed by atoms with Gasteiger partial charge >= 0.3 is 0 Å². The molecule has 0 spiro atoms. The quantitative estimate of drug-likeness (QED) is 0.866. The van der Waals surface area contributed by atoms with E-state index in [2.05, 4.69) is 32.2 Å². The molecule has 2 N–H and O–H groups in total. The molecular weight excluding hydrogens is 248 g/mol. The van der Waals surface area contributed by atoms with E-state index in [1.54, 1.807) is 0 Å². The largest absolute Gasteiger partial charge is 0.327 e. The number of hydrogen-bond acceptors (Lipinski definition) is 1. The van der Waals surface area contributed by atoms with Gasteiger partial charge in [-0.2, -0.15) is 0 Å². The van der Waals surface area contributed by atoms with Gasteiger partial charge in [0.05, 0.1) is 13.1 Å². The van der Waals surface area contributed by atoms with Gasteiger partial charge in [-0.1, -0.05) is 31.5 Å². The van der Waals surface area contributed by atoms with E-state index in [9.17, 15) is 4.79 Å². The standard InChI is InChI=1S/C17H26N2O/c1-12-5-6-16(15(4)8-12)18-17(20)11-19-9-13(2)7-14(3)10-19/h5-6,8,13-14H,7,9-11H2,1-4H3,(H,18,20)/p+1/t13-,14-/m0/s1. The predicted octanol–water partition coefficient (Wildman–Crippen LogP) is 1.80. The van der Waals surface area contributed by atoms with E-state index < -0.39 is 0 Å². The van der Waals surface area contributed by atoms with Gasteiger partial charge in [-0.15, -0.1) is 0 Å². The zero-order valence-electron chi connectivity index (χ0n) is 13.1. The molecule has 1 aromatic carbocycles. The number of quaternary nitrogens is 1. The van der Waals surface area contributed by atoms with Crippen LogP contribution in [0.2, 0.25) is 0 Å². The van der Waals surface area contributed by atoms with Gasteiger partial charge in [-0.3, -0.25) is 4.79 Å². The normalized spacial score (nSPS) is 26.3. The molecule has 1 saturated heterocycles. The highest BCUT2D eigenvalue weighted by molar-refractivity contribution is 5.92. The van der Waals surface area contributed by atoms with E-state index in [4.69, 9.17) is 0 Å². The summed E-state index contributed by atoms with van der Waals surface area (Å²) >= 11 is 0. The number of anilines is 1. The smallest absolute Gasteiger partial charge is 0.279 e. The van der Waals surface area contributed by atoms with Gasteiger partial charge in [0.15, 0.2) is 6.54 Å². The van der Waals surface area contributed by atoms with Crippen molar-refractivity contribution in [3.05, 3.63) is 29.3 Å². The molecule has 1 aromatic rings. The summed E-state index contributed by atoms with van der Waals surface area (Å²) in [6.07, 6.45) is 1.29. The van der Waals surface area contributed by atoms with Crippen LogP contribution in [0.25, 0.3) is 0 Å². The van der Waals surface area contributed by atoms with Crippen LogP contribution in [-0.4, -0.2) is 25.5 Å². The lowest BCUT2D eigenvalue weighted by Crippen LogP contribution is -3.15. The van der Waals surface area contributed by atoms with Gasteiger partial charge < -0.3 is 10.2 Å². The first kappa shape index (κ1) is 15.0. The Morgan fingerprint density at radius 2 is 1.90 bits per heavy atom. The highest BCUT2D eigenvalue weighted by Gasteiger charge is 2.26. The highest BCUT2D eigenvalue weighted by Crippen LogP contribution is 2.16. The Balaban J connectivity index is 1.92. The third kappa shape index (κ3) is 4.07. The molecule has 3 nitrogen and oxygen atoms in total. The van der Waals surface area contributed by atoms with E-state index in [1.165, 1.54) is 16.9 Å². The van der Waals surface area contributed by atoms with Crippen LogP contribution in [0.1, 0.15) is 31.4 Å². The maximum Gasteiger partial charge on any atom is 0.279 e. The van der Waals surface area contributed by atoms with Crippen LogP contribution in [0.4, 0.5) is 5.69 Å². The average molecular weight is 275 g/mol. The van der Waals surface area contributed by atoms with Gasteiger partial charge in [0, 0.05) is 17.5 Å². The molecule has 20 heavy (non-hydrogen) atoms. The lowest BCUT2D eigenvalue weighted by atomic mass is 9.92. The molecular formula is C17H27N2O+. The van der Waals surface area contributed by atoms with Crippen LogP contribution in [-0.2, 0) is 4.79 Å². The Hall–Kier alpha value is -1.35. The van der Waals surface area contributed by atoms with E-state index in [-0.39, 0.29) is 5.91 Å². The van der Waals surface area contributed by atoms with Crippen molar-refractivity contribution in [2.45, 2.75) is 34.1 Å². The van der Waals surface area contributed by atoms with Gasteiger partial charge in [-0.25, -0.2) is 0 Å². The molecule has 110 valence electrons. The predicted molar refractivity (Wildman–Crippen MR) is 83.1 cm³/mol. The molecule has 1 fully saturated rings. The number of aryl methyl sites for hydroxylation is 2. The molecule has 1 aliphatic heterocycles. The fourth-order valence-electron chi connectivity index (χ4n) is 3.44. The minimum absolute atomic E-state index is 0.133. The Morgan fingerprint density at radius 1 is 1.25 bits per heavy atom. The van der Waals surface area contributed by atoms with Crippen LogP contribution in [0.5, 0.6) is 0 Å². The molecule has 0 aromatic heterocycles. The van der Waals surface area contributed by atoms with Gasteiger partial charge in [-0.05, 0) is 31.9 Å². The number of amides is 1. The van der Waals surface area contributed by atoms with Crippen LogP contribution in [0.3, 0.4) is 0 Å². The Morgan fingerprint density at radius 3 is 2.50 bits per heavy atom. The SMILES string of the molecule is Cc1ccc(NC(=O)C[NH+]2C[C@@H](C)C[C@H](C)C2)c(C)c1. The van der Waals surface area contributed by atoms with Crippen molar-refractivity contribution in [1.29, 1.82) is 0 Å². The third-order valence-corrected chi connectivity index (χ3v) is 4.15. The second-order valence-electron chi connectivity index (χ2n) is 6.65. The van der Waals surface area contributed by atoms with Crippen molar-refractivity contribution in [3.63, 3.8) is 0 Å². The molecule has 0 aliphatic carbocycles. The molecule has 0 unspecified atom stereocenters. The first-order valence-electron chi connectivity index (χ1n) is 7.64. The van der Waals surface area contributed by atoms with Crippen LogP contribution in [0, 0.1) is 25.7 Å². The Bertz CT molecular complexity index is 474. The van der Waals surface area contributed by atoms with Crippen LogP contribution in [0.15, 0.2) is 18.2 Å². The topological polar surface area (TPSA) is 33.5 Å². The van der Waals surface area contributed by atoms with Crippen molar-refractivity contribution in [3.8, 4) is 0 Å². The summed E-state index contributed by atoms with van der Waals surface area (Å²) < 4.78 is 0. The van der Waals surface area contributed by atoms with Gasteiger partial charge in [0.2, 0.25) is 0 Å². The molecule has 1 amide bonds. The number of rotatable bonds is 3. The average Bonchev–Trinajstić information content (AvgIpc) is 2.31. The van der Waals surface area contributed by atoms with Gasteiger partial charge in [0.25, 0.3) is 5.91 Å². The summed E-state index contributed by atoms with van der Waals surface area (Å²) in [5, 5.41) is 3.05. The zero-order chi connectivity index (χ0) is 14.7. The number of carbonyl (C=O) groups excluding carboxylic acids is 1. The number of carbonyl (C=O) groups is 1. The fourth-order valence-corrected chi connectivity index (χ4v) is 3.44. The fraction of sp³-hybridized carbons (Fsp3) is 0.588. The first-order valence-corrected chi connectivity index (χ1v) is 7.64. The highest BCUT2D eigenvalue weighted by atomic mass is 16.2. The van der Waals surface area contributed by atoms with Crippen molar-refractivity contribution >= 4 is 11.6 Å². The van der Waals surface area contributed by atoms with Crippen molar-refractivity contribution in [2.24, 2.45) is 11.8 Å². The first-order chi connectivity index (χ1) is 9.44. The molecule has 0 radical (unpaired) electrons. The second kappa shape index (κ2) is 6.40. The molecule has 0 saturated carbocycles. The summed E-state index contributed by atoms with van der Waals surface area (Å²) in [6, 6.07) is 6.15. The van der Waals surface area contributed by atoms with E-state index in [0.717, 1.165) is 36.2 Å². The molecule has 2 rings (SSSR count).